The van der Waals surface area contributed by atoms with Crippen molar-refractivity contribution < 1.29 is 13.8 Å². The van der Waals surface area contributed by atoms with E-state index in [0.717, 1.165) is 5.56 Å². The van der Waals surface area contributed by atoms with E-state index in [-0.39, 0.29) is 15.6 Å². The molecule has 24 heavy (non-hydrogen) atoms. The van der Waals surface area contributed by atoms with E-state index < -0.39 is 21.7 Å². The van der Waals surface area contributed by atoms with Crippen molar-refractivity contribution in [2.45, 2.75) is 11.8 Å². The molecule has 0 saturated carbocycles. The van der Waals surface area contributed by atoms with Crippen molar-refractivity contribution in [1.82, 2.24) is 5.32 Å². The number of imide groups is 1. The predicted molar refractivity (Wildman–Crippen MR) is 95.3 cm³/mol. The van der Waals surface area contributed by atoms with Crippen molar-refractivity contribution in [3.8, 4) is 0 Å². The summed E-state index contributed by atoms with van der Waals surface area (Å²) < 4.78 is 16.2. The molecule has 0 saturated heterocycles. The first-order valence-electron chi connectivity index (χ1n) is 6.79. The number of hydrogen-bond donors (Lipinski definition) is 1. The number of rotatable bonds is 2. The number of benzene rings is 2. The quantitative estimate of drug-likeness (QED) is 0.837. The topological polar surface area (TPSA) is 75.6 Å². The maximum atomic E-state index is 12.6. The van der Waals surface area contributed by atoms with Crippen LogP contribution in [0.25, 0.3) is 0 Å². The second-order valence-corrected chi connectivity index (χ2v) is 8.14. The maximum absolute atomic E-state index is 12.6. The maximum Gasteiger partial charge on any atom is 0.356 e. The monoisotopic (exact) mass is 384 g/mol. The molecule has 126 valence electrons. The summed E-state index contributed by atoms with van der Waals surface area (Å²) in [7, 11) is -2.98. The number of carbonyl (C=O) groups is 2. The lowest BCUT2D eigenvalue weighted by Crippen LogP contribution is -2.29. The molecular weight excluding hydrogens is 371 g/mol. The molecule has 3 amide bonds. The lowest BCUT2D eigenvalue weighted by Gasteiger charge is -2.07. The molecule has 1 N–H and O–H groups in total. The highest BCUT2D eigenvalue weighted by Crippen LogP contribution is 2.24. The number of halogens is 2. The van der Waals surface area contributed by atoms with Crippen molar-refractivity contribution in [3.63, 3.8) is 0 Å². The number of urea groups is 1. The van der Waals surface area contributed by atoms with Gasteiger partial charge in [-0.25, -0.2) is 9.00 Å². The Morgan fingerprint density at radius 1 is 1.04 bits per heavy atom. The Morgan fingerprint density at radius 3 is 2.12 bits per heavy atom. The number of nitrogens with one attached hydrogen (secondary N) is 1. The van der Waals surface area contributed by atoms with E-state index in [4.69, 9.17) is 23.2 Å². The summed E-state index contributed by atoms with van der Waals surface area (Å²) >= 11 is 11.8. The SMILES string of the molecule is Cc1ccc([S@](C)(=O)=NC(=O)NC(=O)c2c(Cl)cccc2Cl)cc1. The van der Waals surface area contributed by atoms with Gasteiger partial charge in [0.25, 0.3) is 5.91 Å². The van der Waals surface area contributed by atoms with Crippen LogP contribution < -0.4 is 5.32 Å². The number of carbonyl (C=O) groups excluding carboxylic acids is 2. The zero-order valence-electron chi connectivity index (χ0n) is 12.9. The predicted octanol–water partition coefficient (Wildman–Crippen LogP) is 4.31. The average Bonchev–Trinajstić information content (AvgIpc) is 2.46. The van der Waals surface area contributed by atoms with Crippen molar-refractivity contribution in [2.75, 3.05) is 6.26 Å². The Balaban J connectivity index is 2.25. The molecule has 0 radical (unpaired) electrons. The minimum Gasteiger partial charge on any atom is -0.271 e. The molecule has 2 aromatic rings. The van der Waals surface area contributed by atoms with Crippen molar-refractivity contribution >= 4 is 44.9 Å². The van der Waals surface area contributed by atoms with Crippen LogP contribution in [0.5, 0.6) is 0 Å². The zero-order valence-corrected chi connectivity index (χ0v) is 15.2. The van der Waals surface area contributed by atoms with E-state index in [9.17, 15) is 13.8 Å². The fourth-order valence-electron chi connectivity index (χ4n) is 1.90. The Labute approximate surface area is 150 Å². The molecule has 0 aliphatic carbocycles. The first-order valence-corrected chi connectivity index (χ1v) is 9.47. The minimum absolute atomic E-state index is 0.0395. The van der Waals surface area contributed by atoms with Gasteiger partial charge in [-0.2, -0.15) is 0 Å². The van der Waals surface area contributed by atoms with Crippen molar-refractivity contribution in [1.29, 1.82) is 0 Å². The third-order valence-electron chi connectivity index (χ3n) is 3.13. The minimum atomic E-state index is -2.98. The lowest BCUT2D eigenvalue weighted by atomic mass is 10.2. The Hall–Kier alpha value is -1.89. The van der Waals surface area contributed by atoms with Gasteiger partial charge < -0.3 is 0 Å². The van der Waals surface area contributed by atoms with Crippen LogP contribution in [0.1, 0.15) is 15.9 Å². The molecule has 0 fully saturated rings. The van der Waals surface area contributed by atoms with Gasteiger partial charge in [-0.15, -0.1) is 4.36 Å². The van der Waals surface area contributed by atoms with Crippen molar-refractivity contribution in [3.05, 3.63) is 63.6 Å². The molecule has 0 bridgehead atoms. The molecule has 0 unspecified atom stereocenters. The van der Waals surface area contributed by atoms with Crippen LogP contribution in [-0.4, -0.2) is 22.4 Å². The highest BCUT2D eigenvalue weighted by Gasteiger charge is 2.18. The molecule has 0 aromatic heterocycles. The fourth-order valence-corrected chi connectivity index (χ4v) is 3.58. The molecule has 0 heterocycles. The summed E-state index contributed by atoms with van der Waals surface area (Å²) in [5, 5.41) is 2.22. The van der Waals surface area contributed by atoms with Gasteiger partial charge in [-0.05, 0) is 31.2 Å². The molecular formula is C16H14Cl2N2O3S. The van der Waals surface area contributed by atoms with Crippen LogP contribution >= 0.6 is 23.2 Å². The molecule has 2 aromatic carbocycles. The molecule has 0 spiro atoms. The number of aryl methyl sites for hydroxylation is 1. The van der Waals surface area contributed by atoms with Crippen LogP contribution in [0.4, 0.5) is 4.79 Å². The van der Waals surface area contributed by atoms with Gasteiger partial charge in [0, 0.05) is 11.2 Å². The second-order valence-electron chi connectivity index (χ2n) is 5.06. The smallest absolute Gasteiger partial charge is 0.271 e. The molecule has 1 atom stereocenters. The van der Waals surface area contributed by atoms with Crippen LogP contribution in [-0.2, 0) is 9.73 Å². The summed E-state index contributed by atoms with van der Waals surface area (Å²) in [5.41, 5.74) is 0.948. The van der Waals surface area contributed by atoms with Gasteiger partial charge in [-0.1, -0.05) is 47.0 Å². The Kier molecular flexibility index (Phi) is 5.64. The number of hydrogen-bond acceptors (Lipinski definition) is 3. The summed E-state index contributed by atoms with van der Waals surface area (Å²) in [4.78, 5) is 24.4. The lowest BCUT2D eigenvalue weighted by molar-refractivity contribution is 0.0966. The van der Waals surface area contributed by atoms with Gasteiger partial charge in [0.1, 0.15) is 0 Å². The molecule has 8 heteroatoms. The second kappa shape index (κ2) is 7.34. The third kappa shape index (κ3) is 4.35. The first-order chi connectivity index (χ1) is 11.2. The van der Waals surface area contributed by atoms with Crippen LogP contribution in [0.3, 0.4) is 0 Å². The normalized spacial score (nSPS) is 13.0. The van der Waals surface area contributed by atoms with Gasteiger partial charge in [-0.3, -0.25) is 10.1 Å². The molecule has 0 aliphatic rings. The Bertz CT molecular complexity index is 897. The van der Waals surface area contributed by atoms with Gasteiger partial charge in [0.15, 0.2) is 0 Å². The van der Waals surface area contributed by atoms with Crippen LogP contribution in [0, 0.1) is 6.92 Å². The third-order valence-corrected chi connectivity index (χ3v) is 5.42. The molecule has 0 aliphatic heterocycles. The van der Waals surface area contributed by atoms with E-state index in [0.29, 0.717) is 4.90 Å². The summed E-state index contributed by atoms with van der Waals surface area (Å²) in [5.74, 6) is -0.807. The highest BCUT2D eigenvalue weighted by atomic mass is 35.5. The molecule has 2 rings (SSSR count). The van der Waals surface area contributed by atoms with E-state index in [1.807, 2.05) is 12.2 Å². The summed E-state index contributed by atoms with van der Waals surface area (Å²) in [6, 6.07) is 10.3. The number of nitrogens with zero attached hydrogens (tertiary/aromatic N) is 1. The largest absolute Gasteiger partial charge is 0.356 e. The van der Waals surface area contributed by atoms with E-state index in [2.05, 4.69) is 4.36 Å². The standard InChI is InChI=1S/C16H14Cl2N2O3S/c1-10-6-8-11(9-7-10)24(2,23)20-16(22)19-15(21)14-12(17)4-3-5-13(14)18/h3-9H,1-2H3,(H,19,21,22)/t24-/m0/s1. The van der Waals surface area contributed by atoms with Crippen LogP contribution in [0.15, 0.2) is 51.7 Å². The Morgan fingerprint density at radius 2 is 1.58 bits per heavy atom. The first kappa shape index (κ1) is 18.4. The van der Waals surface area contributed by atoms with Gasteiger partial charge in [0.2, 0.25) is 0 Å². The average molecular weight is 385 g/mol. The zero-order chi connectivity index (χ0) is 17.9. The molecule has 5 nitrogen and oxygen atoms in total. The van der Waals surface area contributed by atoms with Crippen molar-refractivity contribution in [2.24, 2.45) is 4.36 Å². The summed E-state index contributed by atoms with van der Waals surface area (Å²) in [6.07, 6.45) is 1.32. The van der Waals surface area contributed by atoms with E-state index >= 15 is 0 Å². The van der Waals surface area contributed by atoms with Gasteiger partial charge >= 0.3 is 6.03 Å². The summed E-state index contributed by atoms with van der Waals surface area (Å²) in [6.45, 7) is 1.89. The highest BCUT2D eigenvalue weighted by molar-refractivity contribution is 7.93. The van der Waals surface area contributed by atoms with E-state index in [1.54, 1.807) is 30.3 Å². The fraction of sp³-hybridized carbons (Fsp3) is 0.125. The van der Waals surface area contributed by atoms with Crippen LogP contribution in [0.2, 0.25) is 10.0 Å². The number of amides is 3. The van der Waals surface area contributed by atoms with E-state index in [1.165, 1.54) is 18.4 Å². The van der Waals surface area contributed by atoms with Gasteiger partial charge in [0.05, 0.1) is 25.3 Å².